The molecule has 1 N–H and O–H groups in total. The van der Waals surface area contributed by atoms with Crippen molar-refractivity contribution in [1.82, 2.24) is 14.8 Å². The van der Waals surface area contributed by atoms with Crippen molar-refractivity contribution in [2.45, 2.75) is 33.1 Å². The van der Waals surface area contributed by atoms with Crippen LogP contribution < -0.4 is 4.74 Å². The van der Waals surface area contributed by atoms with E-state index < -0.39 is 12.3 Å². The van der Waals surface area contributed by atoms with Gasteiger partial charge in [0.05, 0.1) is 0 Å². The molecule has 0 aliphatic heterocycles. The number of aliphatic hydroxyl groups excluding tert-OH is 1. The molecule has 0 spiro atoms. The molecule has 20 heavy (non-hydrogen) atoms. The van der Waals surface area contributed by atoms with Crippen LogP contribution in [0.5, 0.6) is 5.75 Å². The molecule has 6 heteroatoms. The number of hydrogen-bond donors (Lipinski definition) is 1. The van der Waals surface area contributed by atoms with Crippen molar-refractivity contribution >= 4 is 11.6 Å². The molecule has 0 radical (unpaired) electrons. The summed E-state index contributed by atoms with van der Waals surface area (Å²) in [5.41, 5.74) is -0.358. The van der Waals surface area contributed by atoms with Gasteiger partial charge in [-0.2, -0.15) is 5.10 Å². The smallest absolute Gasteiger partial charge is 0.219 e. The highest BCUT2D eigenvalue weighted by Gasteiger charge is 2.34. The summed E-state index contributed by atoms with van der Waals surface area (Å²) in [5.74, 6) is 0.609. The van der Waals surface area contributed by atoms with Gasteiger partial charge in [-0.1, -0.05) is 32.4 Å². The lowest BCUT2D eigenvalue weighted by Crippen LogP contribution is -2.38. The molecule has 0 aliphatic carbocycles. The zero-order chi connectivity index (χ0) is 14.8. The van der Waals surface area contributed by atoms with E-state index >= 15 is 0 Å². The molecule has 2 aromatic rings. The van der Waals surface area contributed by atoms with Crippen molar-refractivity contribution in [3.8, 4) is 5.75 Å². The largest absolute Gasteiger partial charge is 0.466 e. The van der Waals surface area contributed by atoms with Gasteiger partial charge >= 0.3 is 0 Å². The Morgan fingerprint density at radius 1 is 1.25 bits per heavy atom. The van der Waals surface area contributed by atoms with Crippen LogP contribution in [0.25, 0.3) is 0 Å². The number of rotatable bonds is 4. The van der Waals surface area contributed by atoms with Gasteiger partial charge in [0.15, 0.2) is 0 Å². The average molecular weight is 296 g/mol. The third kappa shape index (κ3) is 3.49. The second kappa shape index (κ2) is 5.81. The van der Waals surface area contributed by atoms with Gasteiger partial charge in [0.1, 0.15) is 24.5 Å². The maximum absolute atomic E-state index is 10.5. The number of benzene rings is 1. The molecule has 1 aromatic carbocycles. The fourth-order valence-corrected chi connectivity index (χ4v) is 1.82. The molecule has 2 atom stereocenters. The Kier molecular flexibility index (Phi) is 4.30. The molecule has 0 amide bonds. The maximum Gasteiger partial charge on any atom is 0.219 e. The Morgan fingerprint density at radius 3 is 2.40 bits per heavy atom. The lowest BCUT2D eigenvalue weighted by molar-refractivity contribution is -0.0731. The monoisotopic (exact) mass is 295 g/mol. The molecule has 0 bridgehead atoms. The van der Waals surface area contributed by atoms with Crippen molar-refractivity contribution in [2.75, 3.05) is 0 Å². The van der Waals surface area contributed by atoms with E-state index in [1.807, 2.05) is 20.8 Å². The van der Waals surface area contributed by atoms with Crippen LogP contribution in [0.15, 0.2) is 36.9 Å². The Balaban J connectivity index is 2.26. The fourth-order valence-electron chi connectivity index (χ4n) is 1.69. The van der Waals surface area contributed by atoms with Crippen LogP contribution in [0.3, 0.4) is 0 Å². The molecule has 5 nitrogen and oxygen atoms in total. The highest BCUT2D eigenvalue weighted by Crippen LogP contribution is 2.30. The second-order valence-electron chi connectivity index (χ2n) is 5.65. The predicted molar refractivity (Wildman–Crippen MR) is 76.6 cm³/mol. The van der Waals surface area contributed by atoms with E-state index in [0.29, 0.717) is 10.8 Å². The Bertz CT molecular complexity index is 535. The summed E-state index contributed by atoms with van der Waals surface area (Å²) in [6.07, 6.45) is 1.53. The topological polar surface area (TPSA) is 60.2 Å². The van der Waals surface area contributed by atoms with Crippen LogP contribution in [-0.4, -0.2) is 26.0 Å². The lowest BCUT2D eigenvalue weighted by Gasteiger charge is -2.32. The zero-order valence-corrected chi connectivity index (χ0v) is 12.4. The summed E-state index contributed by atoms with van der Waals surface area (Å²) < 4.78 is 7.36. The number of halogens is 1. The van der Waals surface area contributed by atoms with E-state index in [1.54, 1.807) is 24.3 Å². The second-order valence-corrected chi connectivity index (χ2v) is 6.09. The molecular formula is C14H18ClN3O2. The Hall–Kier alpha value is -1.59. The van der Waals surface area contributed by atoms with Gasteiger partial charge in [0, 0.05) is 5.02 Å². The van der Waals surface area contributed by atoms with Gasteiger partial charge < -0.3 is 9.84 Å². The Labute approximate surface area is 123 Å². The molecule has 0 unspecified atom stereocenters. The molecular weight excluding hydrogens is 278 g/mol. The number of hydrogen-bond acceptors (Lipinski definition) is 4. The van der Waals surface area contributed by atoms with E-state index in [4.69, 9.17) is 16.3 Å². The van der Waals surface area contributed by atoms with E-state index in [2.05, 4.69) is 10.1 Å². The SMILES string of the molecule is CC(C)(C)[C@H](O)[C@H](Oc1ccc(Cl)cc1)n1cncn1. The Morgan fingerprint density at radius 2 is 1.90 bits per heavy atom. The van der Waals surface area contributed by atoms with Crippen LogP contribution in [0, 0.1) is 5.41 Å². The van der Waals surface area contributed by atoms with Gasteiger partial charge in [0.2, 0.25) is 6.23 Å². The van der Waals surface area contributed by atoms with Crippen LogP contribution in [0.2, 0.25) is 5.02 Å². The van der Waals surface area contributed by atoms with Crippen LogP contribution in [-0.2, 0) is 0 Å². The maximum atomic E-state index is 10.5. The van der Waals surface area contributed by atoms with Gasteiger partial charge in [-0.25, -0.2) is 9.67 Å². The summed E-state index contributed by atoms with van der Waals surface area (Å²) in [6.45, 7) is 5.81. The summed E-state index contributed by atoms with van der Waals surface area (Å²) in [4.78, 5) is 3.90. The number of ether oxygens (including phenoxy) is 1. The third-order valence-corrected chi connectivity index (χ3v) is 3.18. The van der Waals surface area contributed by atoms with Gasteiger partial charge in [-0.3, -0.25) is 0 Å². The fraction of sp³-hybridized carbons (Fsp3) is 0.429. The summed E-state index contributed by atoms with van der Waals surface area (Å²) in [7, 11) is 0. The first-order valence-corrected chi connectivity index (χ1v) is 6.70. The van der Waals surface area contributed by atoms with E-state index in [9.17, 15) is 5.11 Å². The first-order valence-electron chi connectivity index (χ1n) is 6.32. The average Bonchev–Trinajstić information content (AvgIpc) is 2.90. The summed E-state index contributed by atoms with van der Waals surface area (Å²) in [5, 5.41) is 15.2. The van der Waals surface area contributed by atoms with Crippen molar-refractivity contribution in [3.63, 3.8) is 0 Å². The molecule has 0 aliphatic rings. The van der Waals surface area contributed by atoms with Crippen molar-refractivity contribution in [1.29, 1.82) is 0 Å². The highest BCUT2D eigenvalue weighted by molar-refractivity contribution is 6.30. The third-order valence-electron chi connectivity index (χ3n) is 2.93. The van der Waals surface area contributed by atoms with E-state index in [1.165, 1.54) is 17.3 Å². The quantitative estimate of drug-likeness (QED) is 0.942. The predicted octanol–water partition coefficient (Wildman–Crippen LogP) is 2.92. The van der Waals surface area contributed by atoms with Crippen LogP contribution >= 0.6 is 11.6 Å². The highest BCUT2D eigenvalue weighted by atomic mass is 35.5. The van der Waals surface area contributed by atoms with E-state index in [0.717, 1.165) is 0 Å². The normalized spacial score (nSPS) is 14.8. The lowest BCUT2D eigenvalue weighted by atomic mass is 9.88. The molecule has 0 saturated carbocycles. The van der Waals surface area contributed by atoms with Gasteiger partial charge in [-0.05, 0) is 29.7 Å². The first kappa shape index (κ1) is 14.8. The minimum atomic E-state index is -0.750. The summed E-state index contributed by atoms with van der Waals surface area (Å²) >= 11 is 5.85. The molecule has 1 heterocycles. The molecule has 0 saturated heterocycles. The standard InChI is InChI=1S/C14H18ClN3O2/c1-14(2,3)12(19)13(18-9-16-8-17-18)20-11-6-4-10(15)5-7-11/h4-9,12-13,19H,1-3H3/t12-,13+/m1/s1. The van der Waals surface area contributed by atoms with E-state index in [-0.39, 0.29) is 5.41 Å². The first-order chi connectivity index (χ1) is 9.38. The number of aliphatic hydroxyl groups is 1. The minimum absolute atomic E-state index is 0.358. The molecule has 0 fully saturated rings. The molecule has 2 rings (SSSR count). The molecule has 108 valence electrons. The number of aromatic nitrogens is 3. The summed E-state index contributed by atoms with van der Waals surface area (Å²) in [6, 6.07) is 6.97. The van der Waals surface area contributed by atoms with Crippen molar-refractivity contribution in [2.24, 2.45) is 5.41 Å². The van der Waals surface area contributed by atoms with Crippen LogP contribution in [0.4, 0.5) is 0 Å². The van der Waals surface area contributed by atoms with Crippen LogP contribution in [0.1, 0.15) is 27.0 Å². The minimum Gasteiger partial charge on any atom is -0.466 e. The van der Waals surface area contributed by atoms with Gasteiger partial charge in [0.25, 0.3) is 0 Å². The molecule has 1 aromatic heterocycles. The number of nitrogens with zero attached hydrogens (tertiary/aromatic N) is 3. The van der Waals surface area contributed by atoms with Gasteiger partial charge in [-0.15, -0.1) is 0 Å². The van der Waals surface area contributed by atoms with Crippen molar-refractivity contribution in [3.05, 3.63) is 41.9 Å². The zero-order valence-electron chi connectivity index (χ0n) is 11.7. The van der Waals surface area contributed by atoms with Crippen molar-refractivity contribution < 1.29 is 9.84 Å².